The summed E-state index contributed by atoms with van der Waals surface area (Å²) in [6.07, 6.45) is -0.968. The first-order valence-electron chi connectivity index (χ1n) is 4.79. The Morgan fingerprint density at radius 2 is 1.60 bits per heavy atom. The summed E-state index contributed by atoms with van der Waals surface area (Å²) < 4.78 is 59.5. The highest BCUT2D eigenvalue weighted by Gasteiger charge is 2.38. The van der Waals surface area contributed by atoms with E-state index >= 15 is 0 Å². The molecule has 0 aromatic carbocycles. The molecule has 1 heterocycles. The van der Waals surface area contributed by atoms with Gasteiger partial charge in [-0.15, -0.1) is 0 Å². The summed E-state index contributed by atoms with van der Waals surface area (Å²) >= 11 is 0. The van der Waals surface area contributed by atoms with Crippen LogP contribution in [0.3, 0.4) is 0 Å². The van der Waals surface area contributed by atoms with Gasteiger partial charge in [0.1, 0.15) is 0 Å². The highest BCUT2D eigenvalue weighted by atomic mass is 32.2. The van der Waals surface area contributed by atoms with Crippen molar-refractivity contribution in [2.45, 2.75) is 24.3 Å². The van der Waals surface area contributed by atoms with Crippen molar-refractivity contribution in [1.29, 1.82) is 0 Å². The molecule has 2 atom stereocenters. The molecule has 1 aliphatic rings. The predicted molar refractivity (Wildman–Crippen MR) is 53.4 cm³/mol. The van der Waals surface area contributed by atoms with E-state index in [1.54, 1.807) is 0 Å². The van der Waals surface area contributed by atoms with E-state index in [0.717, 1.165) is 0 Å². The average Bonchev–Trinajstić information content (AvgIpc) is 1.97. The van der Waals surface area contributed by atoms with Gasteiger partial charge in [-0.05, 0) is 20.3 Å². The van der Waals surface area contributed by atoms with Crippen molar-refractivity contribution in [3.63, 3.8) is 0 Å². The minimum absolute atomic E-state index is 0.0199. The van der Waals surface area contributed by atoms with Crippen LogP contribution in [-0.4, -0.2) is 50.3 Å². The zero-order chi connectivity index (χ0) is 11.9. The lowest BCUT2D eigenvalue weighted by Gasteiger charge is -2.37. The van der Waals surface area contributed by atoms with Crippen molar-refractivity contribution in [2.75, 3.05) is 19.5 Å². The molecular formula is C7H14BF3NO2S-. The summed E-state index contributed by atoms with van der Waals surface area (Å²) in [5.74, 6) is 0. The molecule has 0 bridgehead atoms. The Hall–Kier alpha value is -0.235. The van der Waals surface area contributed by atoms with Gasteiger partial charge in [0.05, 0.1) is 10.5 Å². The standard InChI is InChI=1S/C7H14BF3NO2S/c1-6-3-12(5-8(9,10)11)4-7(2)15(6,13)14/h6-7H,3-5H2,1-2H3/q-1. The maximum atomic E-state index is 12.2. The molecule has 0 amide bonds. The Labute approximate surface area is 87.6 Å². The fraction of sp³-hybridized carbons (Fsp3) is 1.00. The summed E-state index contributed by atoms with van der Waals surface area (Å²) in [6.45, 7) is -1.99. The van der Waals surface area contributed by atoms with Crippen molar-refractivity contribution >= 4 is 16.8 Å². The highest BCUT2D eigenvalue weighted by molar-refractivity contribution is 7.92. The van der Waals surface area contributed by atoms with Gasteiger partial charge in [0.15, 0.2) is 9.84 Å². The lowest BCUT2D eigenvalue weighted by atomic mass is 9.91. The quantitative estimate of drug-likeness (QED) is 0.676. The molecule has 15 heavy (non-hydrogen) atoms. The fourth-order valence-electron chi connectivity index (χ4n) is 1.85. The van der Waals surface area contributed by atoms with Gasteiger partial charge in [0.25, 0.3) is 0 Å². The van der Waals surface area contributed by atoms with Gasteiger partial charge in [-0.1, -0.05) is 0 Å². The molecule has 1 saturated heterocycles. The van der Waals surface area contributed by atoms with E-state index in [1.807, 2.05) is 0 Å². The molecule has 0 aromatic heterocycles. The second kappa shape index (κ2) is 3.97. The van der Waals surface area contributed by atoms with E-state index in [1.165, 1.54) is 18.7 Å². The number of halogens is 3. The van der Waals surface area contributed by atoms with Gasteiger partial charge in [-0.2, -0.15) is 0 Å². The van der Waals surface area contributed by atoms with E-state index < -0.39 is 33.8 Å². The van der Waals surface area contributed by atoms with Crippen molar-refractivity contribution < 1.29 is 21.4 Å². The molecule has 1 aliphatic heterocycles. The molecule has 1 rings (SSSR count). The third kappa shape index (κ3) is 3.11. The van der Waals surface area contributed by atoms with Crippen LogP contribution in [0.1, 0.15) is 13.8 Å². The molecule has 0 spiro atoms. The lowest BCUT2D eigenvalue weighted by molar-refractivity contribution is 0.266. The Bertz CT molecular complexity index is 312. The largest absolute Gasteiger partial charge is 0.492 e. The van der Waals surface area contributed by atoms with Gasteiger partial charge in [-0.25, -0.2) is 8.42 Å². The van der Waals surface area contributed by atoms with E-state index in [2.05, 4.69) is 0 Å². The Kier molecular flexibility index (Phi) is 3.40. The summed E-state index contributed by atoms with van der Waals surface area (Å²) in [4.78, 5) is 1.18. The van der Waals surface area contributed by atoms with Gasteiger partial charge >= 0.3 is 6.98 Å². The van der Waals surface area contributed by atoms with Crippen molar-refractivity contribution in [1.82, 2.24) is 4.90 Å². The van der Waals surface area contributed by atoms with E-state index in [-0.39, 0.29) is 13.1 Å². The number of rotatable bonds is 2. The number of hydrogen-bond donors (Lipinski definition) is 0. The molecule has 8 heteroatoms. The third-order valence-corrected chi connectivity index (χ3v) is 5.16. The van der Waals surface area contributed by atoms with Crippen LogP contribution in [0.2, 0.25) is 0 Å². The molecule has 90 valence electrons. The molecule has 0 saturated carbocycles. The molecule has 0 radical (unpaired) electrons. The summed E-state index contributed by atoms with van der Waals surface area (Å²) in [5.41, 5.74) is 0. The minimum atomic E-state index is -4.87. The second-order valence-electron chi connectivity index (χ2n) is 4.14. The van der Waals surface area contributed by atoms with Crippen LogP contribution < -0.4 is 0 Å². The van der Waals surface area contributed by atoms with E-state index in [0.29, 0.717) is 0 Å². The molecule has 0 aromatic rings. The topological polar surface area (TPSA) is 37.4 Å². The third-order valence-electron chi connectivity index (χ3n) is 2.62. The first kappa shape index (κ1) is 12.8. The van der Waals surface area contributed by atoms with Crippen LogP contribution in [0.25, 0.3) is 0 Å². The molecule has 0 aliphatic carbocycles. The number of nitrogens with zero attached hydrogens (tertiary/aromatic N) is 1. The van der Waals surface area contributed by atoms with E-state index in [9.17, 15) is 21.4 Å². The van der Waals surface area contributed by atoms with Gasteiger partial charge in [0, 0.05) is 13.1 Å². The highest BCUT2D eigenvalue weighted by Crippen LogP contribution is 2.21. The fourth-order valence-corrected chi connectivity index (χ4v) is 3.48. The molecular weight excluding hydrogens is 230 g/mol. The number of hydrogen-bond acceptors (Lipinski definition) is 3. The van der Waals surface area contributed by atoms with Crippen LogP contribution in [0, 0.1) is 0 Å². The van der Waals surface area contributed by atoms with E-state index in [4.69, 9.17) is 0 Å². The first-order chi connectivity index (χ1) is 6.63. The maximum Gasteiger partial charge on any atom is 0.492 e. The molecule has 1 fully saturated rings. The predicted octanol–water partition coefficient (Wildman–Crippen LogP) is 0.880. The van der Waals surface area contributed by atoms with Crippen LogP contribution in [0.15, 0.2) is 0 Å². The van der Waals surface area contributed by atoms with Crippen LogP contribution >= 0.6 is 0 Å². The summed E-state index contributed by atoms with van der Waals surface area (Å²) in [5, 5.41) is -1.42. The minimum Gasteiger partial charge on any atom is -0.448 e. The Morgan fingerprint density at radius 3 is 1.93 bits per heavy atom. The second-order valence-corrected chi connectivity index (χ2v) is 6.93. The molecule has 2 unspecified atom stereocenters. The number of sulfone groups is 1. The van der Waals surface area contributed by atoms with Crippen LogP contribution in [0.4, 0.5) is 12.9 Å². The SMILES string of the molecule is CC1CN(C[B-](F)(F)F)CC(C)S1(=O)=O. The zero-order valence-corrected chi connectivity index (χ0v) is 9.48. The van der Waals surface area contributed by atoms with Gasteiger partial charge in [0.2, 0.25) is 0 Å². The Morgan fingerprint density at radius 1 is 1.20 bits per heavy atom. The van der Waals surface area contributed by atoms with Crippen molar-refractivity contribution in [3.8, 4) is 0 Å². The van der Waals surface area contributed by atoms with Crippen molar-refractivity contribution in [2.24, 2.45) is 0 Å². The van der Waals surface area contributed by atoms with Gasteiger partial charge < -0.3 is 17.8 Å². The normalized spacial score (nSPS) is 32.9. The maximum absolute atomic E-state index is 12.2. The van der Waals surface area contributed by atoms with Crippen LogP contribution in [0.5, 0.6) is 0 Å². The summed E-state index contributed by atoms with van der Waals surface area (Å²) in [7, 11) is -3.23. The summed E-state index contributed by atoms with van der Waals surface area (Å²) in [6, 6.07) is 0. The average molecular weight is 244 g/mol. The van der Waals surface area contributed by atoms with Gasteiger partial charge in [-0.3, -0.25) is 0 Å². The molecule has 3 nitrogen and oxygen atoms in total. The zero-order valence-electron chi connectivity index (χ0n) is 8.66. The smallest absolute Gasteiger partial charge is 0.448 e. The first-order valence-corrected chi connectivity index (χ1v) is 6.40. The van der Waals surface area contributed by atoms with Crippen molar-refractivity contribution in [3.05, 3.63) is 0 Å². The van der Waals surface area contributed by atoms with Crippen LogP contribution in [-0.2, 0) is 9.84 Å². The monoisotopic (exact) mass is 244 g/mol. The molecule has 0 N–H and O–H groups in total. The lowest BCUT2D eigenvalue weighted by Crippen LogP contribution is -2.53. The Balaban J connectivity index is 2.70.